The predicted octanol–water partition coefficient (Wildman–Crippen LogP) is 3.67. The molecule has 0 radical (unpaired) electrons. The summed E-state index contributed by atoms with van der Waals surface area (Å²) in [7, 11) is 1.47. The Hall–Kier alpha value is -1.07. The van der Waals surface area contributed by atoms with Gasteiger partial charge in [0, 0.05) is 29.7 Å². The van der Waals surface area contributed by atoms with Crippen LogP contribution >= 0.6 is 35.3 Å². The summed E-state index contributed by atoms with van der Waals surface area (Å²) in [6.07, 6.45) is -5.90. The molecule has 0 aliphatic carbocycles. The minimum atomic E-state index is -4.21. The summed E-state index contributed by atoms with van der Waals surface area (Å²) >= 11 is 1.49. The van der Waals surface area contributed by atoms with E-state index in [0.29, 0.717) is 0 Å². The summed E-state index contributed by atoms with van der Waals surface area (Å²) in [6.45, 7) is -0.0966. The monoisotopic (exact) mass is 473 g/mol. The summed E-state index contributed by atoms with van der Waals surface area (Å²) in [6, 6.07) is 9.70. The van der Waals surface area contributed by atoms with Gasteiger partial charge in [-0.2, -0.15) is 13.2 Å². The molecule has 1 aromatic carbocycles. The molecular weight excluding hydrogens is 454 g/mol. The van der Waals surface area contributed by atoms with Crippen LogP contribution in [0.1, 0.15) is 17.4 Å². The largest absolute Gasteiger partial charge is 0.390 e. The molecule has 2 rings (SSSR count). The van der Waals surface area contributed by atoms with Crippen LogP contribution in [0.15, 0.2) is 35.3 Å². The van der Waals surface area contributed by atoms with Crippen LogP contribution < -0.4 is 10.6 Å². The summed E-state index contributed by atoms with van der Waals surface area (Å²) < 4.78 is 37.4. The van der Waals surface area contributed by atoms with Gasteiger partial charge >= 0.3 is 6.18 Å². The molecular formula is C15H19F3IN3OS. The highest BCUT2D eigenvalue weighted by Gasteiger charge is 2.26. The Bertz CT molecular complexity index is 642. The van der Waals surface area contributed by atoms with Crippen molar-refractivity contribution in [3.05, 3.63) is 35.2 Å². The fraction of sp³-hybridized carbons (Fsp3) is 0.400. The maximum absolute atomic E-state index is 12.1. The third-order valence-electron chi connectivity index (χ3n) is 3.16. The van der Waals surface area contributed by atoms with Gasteiger partial charge in [0.1, 0.15) is 6.10 Å². The number of halogens is 4. The quantitative estimate of drug-likeness (QED) is 0.353. The normalized spacial score (nSPS) is 13.5. The molecule has 2 aromatic rings. The zero-order valence-corrected chi connectivity index (χ0v) is 16.1. The lowest BCUT2D eigenvalue weighted by Crippen LogP contribution is -2.40. The Morgan fingerprint density at radius 2 is 2.00 bits per heavy atom. The third kappa shape index (κ3) is 6.44. The molecule has 1 aromatic heterocycles. The molecule has 1 unspecified atom stereocenters. The van der Waals surface area contributed by atoms with Gasteiger partial charge in [0.2, 0.25) is 0 Å². The highest BCUT2D eigenvalue weighted by Crippen LogP contribution is 2.29. The van der Waals surface area contributed by atoms with Gasteiger partial charge in [-0.15, -0.1) is 35.3 Å². The van der Waals surface area contributed by atoms with E-state index in [2.05, 4.69) is 15.6 Å². The van der Waals surface area contributed by atoms with E-state index in [4.69, 9.17) is 0 Å². The number of hydrogen-bond acceptors (Lipinski definition) is 3. The van der Waals surface area contributed by atoms with E-state index in [-0.39, 0.29) is 43.0 Å². The first-order valence-electron chi connectivity index (χ1n) is 7.07. The van der Waals surface area contributed by atoms with Crippen molar-refractivity contribution < 1.29 is 18.3 Å². The summed E-state index contributed by atoms with van der Waals surface area (Å²) in [5.41, 5.74) is 0. The molecule has 3 N–H and O–H groups in total. The Morgan fingerprint density at radius 1 is 1.29 bits per heavy atom. The number of nitrogens with zero attached hydrogens (tertiary/aromatic N) is 1. The first-order chi connectivity index (χ1) is 10.9. The molecule has 0 spiro atoms. The van der Waals surface area contributed by atoms with E-state index in [1.807, 2.05) is 30.3 Å². The Kier molecular flexibility index (Phi) is 8.23. The molecule has 9 heteroatoms. The van der Waals surface area contributed by atoms with E-state index in [1.165, 1.54) is 18.4 Å². The van der Waals surface area contributed by atoms with E-state index < -0.39 is 18.7 Å². The second kappa shape index (κ2) is 9.42. The van der Waals surface area contributed by atoms with Crippen LogP contribution in [-0.4, -0.2) is 37.4 Å². The van der Waals surface area contributed by atoms with Gasteiger partial charge in [0.15, 0.2) is 5.96 Å². The van der Waals surface area contributed by atoms with E-state index in [9.17, 15) is 18.3 Å². The number of aliphatic imine (C=N–C) groups is 1. The third-order valence-corrected chi connectivity index (χ3v) is 4.38. The molecule has 0 aliphatic heterocycles. The average Bonchev–Trinajstić information content (AvgIpc) is 2.93. The number of alkyl halides is 3. The van der Waals surface area contributed by atoms with Gasteiger partial charge in [-0.1, -0.05) is 18.2 Å². The number of guanidine groups is 1. The van der Waals surface area contributed by atoms with Crippen molar-refractivity contribution in [1.82, 2.24) is 10.6 Å². The van der Waals surface area contributed by atoms with Crippen LogP contribution in [0.2, 0.25) is 0 Å². The number of nitrogens with one attached hydrogen (secondary N) is 2. The van der Waals surface area contributed by atoms with Crippen molar-refractivity contribution in [2.24, 2.45) is 4.99 Å². The van der Waals surface area contributed by atoms with Crippen molar-refractivity contribution >= 4 is 51.4 Å². The van der Waals surface area contributed by atoms with Crippen LogP contribution in [-0.2, 0) is 0 Å². The molecule has 1 atom stereocenters. The standard InChI is InChI=1S/C15H18F3N3OS.HI/c1-19-14(20-7-6-15(16,17)18)21-9-11(22)13-8-10-4-2-3-5-12(10)23-13;/h2-5,8,11,22H,6-7,9H2,1H3,(H2,19,20,21);1H. The van der Waals surface area contributed by atoms with Crippen molar-refractivity contribution in [2.75, 3.05) is 20.1 Å². The van der Waals surface area contributed by atoms with E-state index in [0.717, 1.165) is 15.0 Å². The summed E-state index contributed by atoms with van der Waals surface area (Å²) in [5.74, 6) is 0.231. The molecule has 4 nitrogen and oxygen atoms in total. The smallest absolute Gasteiger partial charge is 0.386 e. The van der Waals surface area contributed by atoms with E-state index >= 15 is 0 Å². The topological polar surface area (TPSA) is 56.7 Å². The van der Waals surface area contributed by atoms with Gasteiger partial charge in [0.25, 0.3) is 0 Å². The molecule has 1 heterocycles. The van der Waals surface area contributed by atoms with Gasteiger partial charge in [-0.05, 0) is 17.5 Å². The molecule has 0 amide bonds. The fourth-order valence-electron chi connectivity index (χ4n) is 2.00. The lowest BCUT2D eigenvalue weighted by Gasteiger charge is -2.15. The zero-order valence-electron chi connectivity index (χ0n) is 12.9. The highest BCUT2D eigenvalue weighted by atomic mass is 127. The Labute approximate surface area is 159 Å². The van der Waals surface area contributed by atoms with Gasteiger partial charge < -0.3 is 15.7 Å². The van der Waals surface area contributed by atoms with Crippen molar-refractivity contribution in [3.63, 3.8) is 0 Å². The minimum absolute atomic E-state index is 0. The van der Waals surface area contributed by atoms with Crippen molar-refractivity contribution in [3.8, 4) is 0 Å². The molecule has 134 valence electrons. The van der Waals surface area contributed by atoms with E-state index in [1.54, 1.807) is 0 Å². The second-order valence-electron chi connectivity index (χ2n) is 4.95. The van der Waals surface area contributed by atoms with Crippen LogP contribution in [0.4, 0.5) is 13.2 Å². The molecule has 0 saturated carbocycles. The SMILES string of the molecule is CN=C(NCCC(F)(F)F)NCC(O)c1cc2ccccc2s1.I. The number of hydrogen-bond donors (Lipinski definition) is 3. The maximum Gasteiger partial charge on any atom is 0.390 e. The molecule has 0 bridgehead atoms. The number of rotatable bonds is 5. The Balaban J connectivity index is 0.00000288. The van der Waals surface area contributed by atoms with Gasteiger partial charge in [0.05, 0.1) is 6.42 Å². The van der Waals surface area contributed by atoms with Crippen LogP contribution in [0.25, 0.3) is 10.1 Å². The van der Waals surface area contributed by atoms with Crippen molar-refractivity contribution in [1.29, 1.82) is 0 Å². The number of benzene rings is 1. The van der Waals surface area contributed by atoms with Gasteiger partial charge in [-0.25, -0.2) is 0 Å². The Morgan fingerprint density at radius 3 is 2.62 bits per heavy atom. The van der Waals surface area contributed by atoms with Crippen LogP contribution in [0.5, 0.6) is 0 Å². The fourth-order valence-corrected chi connectivity index (χ4v) is 3.05. The van der Waals surface area contributed by atoms with Crippen LogP contribution in [0, 0.1) is 0 Å². The number of aliphatic hydroxyl groups excluding tert-OH is 1. The van der Waals surface area contributed by atoms with Gasteiger partial charge in [-0.3, -0.25) is 4.99 Å². The lowest BCUT2D eigenvalue weighted by atomic mass is 10.2. The number of thiophene rings is 1. The summed E-state index contributed by atoms with van der Waals surface area (Å²) in [5, 5.41) is 16.7. The molecule has 24 heavy (non-hydrogen) atoms. The minimum Gasteiger partial charge on any atom is -0.386 e. The first-order valence-corrected chi connectivity index (χ1v) is 7.88. The maximum atomic E-state index is 12.1. The molecule has 0 saturated heterocycles. The second-order valence-corrected chi connectivity index (χ2v) is 6.06. The lowest BCUT2D eigenvalue weighted by molar-refractivity contribution is -0.132. The molecule has 0 aliphatic rings. The highest BCUT2D eigenvalue weighted by molar-refractivity contribution is 14.0. The van der Waals surface area contributed by atoms with Crippen molar-refractivity contribution in [2.45, 2.75) is 18.7 Å². The van der Waals surface area contributed by atoms with Crippen LogP contribution in [0.3, 0.4) is 0 Å². The number of fused-ring (bicyclic) bond motifs is 1. The number of aliphatic hydroxyl groups is 1. The zero-order chi connectivity index (χ0) is 16.9. The first kappa shape index (κ1) is 21.0. The predicted molar refractivity (Wildman–Crippen MR) is 102 cm³/mol. The molecule has 0 fully saturated rings. The summed E-state index contributed by atoms with van der Waals surface area (Å²) in [4.78, 5) is 4.63. The average molecular weight is 473 g/mol.